The Bertz CT molecular complexity index is 875. The van der Waals surface area contributed by atoms with Crippen LogP contribution in [0.3, 0.4) is 0 Å². The van der Waals surface area contributed by atoms with Gasteiger partial charge >= 0.3 is 5.97 Å². The quantitative estimate of drug-likeness (QED) is 0.664. The molecule has 0 atom stereocenters. The molecular weight excluding hydrogens is 356 g/mol. The summed E-state index contributed by atoms with van der Waals surface area (Å²) in [6.45, 7) is 0. The molecule has 0 saturated heterocycles. The Morgan fingerprint density at radius 2 is 1.92 bits per heavy atom. The van der Waals surface area contributed by atoms with Gasteiger partial charge in [-0.2, -0.15) is 0 Å². The molecule has 3 rings (SSSR count). The van der Waals surface area contributed by atoms with E-state index in [9.17, 15) is 9.59 Å². The van der Waals surface area contributed by atoms with Gasteiger partial charge in [-0.25, -0.2) is 9.78 Å². The van der Waals surface area contributed by atoms with Crippen molar-refractivity contribution in [1.29, 1.82) is 0 Å². The number of nitrogens with zero attached hydrogens (tertiary/aromatic N) is 1. The van der Waals surface area contributed by atoms with Crippen molar-refractivity contribution in [3.63, 3.8) is 0 Å². The van der Waals surface area contributed by atoms with Gasteiger partial charge in [0.1, 0.15) is 5.01 Å². The summed E-state index contributed by atoms with van der Waals surface area (Å²) in [6.07, 6.45) is 0. The number of benzene rings is 2. The molecule has 3 aromatic rings. The second-order valence-electron chi connectivity index (χ2n) is 5.15. The van der Waals surface area contributed by atoms with Gasteiger partial charge < -0.3 is 10.1 Å². The molecule has 0 aliphatic carbocycles. The Hall–Kier alpha value is -2.38. The Kier molecular flexibility index (Phi) is 5.67. The molecule has 0 unspecified atom stereocenters. The molecule has 0 aliphatic heterocycles. The van der Waals surface area contributed by atoms with Crippen LogP contribution in [0.1, 0.15) is 15.4 Å². The topological polar surface area (TPSA) is 68.3 Å². The second-order valence-corrected chi connectivity index (χ2v) is 7.25. The van der Waals surface area contributed by atoms with E-state index in [4.69, 9.17) is 4.74 Å². The summed E-state index contributed by atoms with van der Waals surface area (Å²) in [7, 11) is 1.31. The SMILES string of the molecule is COC(=O)c1ccccc1NC(=O)CSCc1nc2ccccc2s1. The number of carbonyl (C=O) groups is 2. The number of para-hydroxylation sites is 2. The molecule has 1 aromatic heterocycles. The minimum atomic E-state index is -0.474. The largest absolute Gasteiger partial charge is 0.465 e. The van der Waals surface area contributed by atoms with E-state index in [1.165, 1.54) is 18.9 Å². The summed E-state index contributed by atoms with van der Waals surface area (Å²) < 4.78 is 5.87. The van der Waals surface area contributed by atoms with Crippen molar-refractivity contribution in [3.8, 4) is 0 Å². The number of nitrogens with one attached hydrogen (secondary N) is 1. The molecule has 5 nitrogen and oxygen atoms in total. The lowest BCUT2D eigenvalue weighted by molar-refractivity contribution is -0.113. The first-order chi connectivity index (χ1) is 12.2. The number of fused-ring (bicyclic) bond motifs is 1. The Morgan fingerprint density at radius 1 is 1.16 bits per heavy atom. The highest BCUT2D eigenvalue weighted by Crippen LogP contribution is 2.25. The van der Waals surface area contributed by atoms with Crippen LogP contribution in [0.25, 0.3) is 10.2 Å². The van der Waals surface area contributed by atoms with Gasteiger partial charge in [-0.15, -0.1) is 23.1 Å². The highest BCUT2D eigenvalue weighted by Gasteiger charge is 2.13. The predicted octanol–water partition coefficient (Wildman–Crippen LogP) is 3.95. The standard InChI is InChI=1S/C18H16N2O3S2/c1-23-18(22)12-6-2-3-7-13(12)19-16(21)10-24-11-17-20-14-8-4-5-9-15(14)25-17/h2-9H,10-11H2,1H3,(H,19,21). The number of esters is 1. The molecule has 7 heteroatoms. The molecule has 128 valence electrons. The lowest BCUT2D eigenvalue weighted by Crippen LogP contribution is -2.17. The van der Waals surface area contributed by atoms with Crippen molar-refractivity contribution in [2.45, 2.75) is 5.75 Å². The Balaban J connectivity index is 1.56. The zero-order chi connectivity index (χ0) is 17.6. The summed E-state index contributed by atoms with van der Waals surface area (Å²) in [5.74, 6) is 0.317. The van der Waals surface area contributed by atoms with Crippen LogP contribution in [0.5, 0.6) is 0 Å². The predicted molar refractivity (Wildman–Crippen MR) is 102 cm³/mol. The summed E-state index contributed by atoms with van der Waals surface area (Å²) in [5, 5.41) is 3.76. The van der Waals surface area contributed by atoms with Crippen molar-refractivity contribution in [2.75, 3.05) is 18.2 Å². The third kappa shape index (κ3) is 4.37. The van der Waals surface area contributed by atoms with Crippen LogP contribution in [-0.2, 0) is 15.3 Å². The van der Waals surface area contributed by atoms with E-state index >= 15 is 0 Å². The maximum atomic E-state index is 12.1. The first-order valence-electron chi connectivity index (χ1n) is 7.57. The van der Waals surface area contributed by atoms with Gasteiger partial charge in [0.05, 0.1) is 34.3 Å². The molecule has 0 aliphatic rings. The van der Waals surface area contributed by atoms with Crippen LogP contribution >= 0.6 is 23.1 Å². The first kappa shape index (κ1) is 17.4. The summed E-state index contributed by atoms with van der Waals surface area (Å²) in [5.41, 5.74) is 1.79. The molecule has 0 bridgehead atoms. The number of amides is 1. The lowest BCUT2D eigenvalue weighted by atomic mass is 10.2. The molecule has 1 heterocycles. The van der Waals surface area contributed by atoms with E-state index in [2.05, 4.69) is 10.3 Å². The maximum Gasteiger partial charge on any atom is 0.339 e. The van der Waals surface area contributed by atoms with Gasteiger partial charge in [0.15, 0.2) is 0 Å². The highest BCUT2D eigenvalue weighted by molar-refractivity contribution is 7.99. The third-order valence-corrected chi connectivity index (χ3v) is 5.57. The molecule has 0 fully saturated rings. The van der Waals surface area contributed by atoms with E-state index in [0.29, 0.717) is 17.0 Å². The van der Waals surface area contributed by atoms with Crippen LogP contribution in [-0.4, -0.2) is 29.7 Å². The van der Waals surface area contributed by atoms with Crippen LogP contribution in [0.15, 0.2) is 48.5 Å². The molecule has 0 saturated carbocycles. The number of hydrogen-bond acceptors (Lipinski definition) is 6. The number of ether oxygens (including phenoxy) is 1. The van der Waals surface area contributed by atoms with Crippen molar-refractivity contribution in [2.24, 2.45) is 0 Å². The van der Waals surface area contributed by atoms with Crippen LogP contribution in [0, 0.1) is 0 Å². The van der Waals surface area contributed by atoms with Crippen molar-refractivity contribution >= 4 is 50.9 Å². The molecule has 0 spiro atoms. The zero-order valence-electron chi connectivity index (χ0n) is 13.5. The average molecular weight is 372 g/mol. The molecule has 0 radical (unpaired) electrons. The van der Waals surface area contributed by atoms with Crippen LogP contribution < -0.4 is 5.32 Å². The number of thioether (sulfide) groups is 1. The minimum absolute atomic E-state index is 0.164. The van der Waals surface area contributed by atoms with E-state index in [-0.39, 0.29) is 11.7 Å². The third-order valence-electron chi connectivity index (χ3n) is 3.40. The lowest BCUT2D eigenvalue weighted by Gasteiger charge is -2.09. The van der Waals surface area contributed by atoms with Gasteiger partial charge in [-0.1, -0.05) is 24.3 Å². The van der Waals surface area contributed by atoms with Crippen molar-refractivity contribution in [3.05, 3.63) is 59.1 Å². The maximum absolute atomic E-state index is 12.1. The van der Waals surface area contributed by atoms with Crippen LogP contribution in [0.2, 0.25) is 0 Å². The van der Waals surface area contributed by atoms with Gasteiger partial charge in [0, 0.05) is 5.75 Å². The van der Waals surface area contributed by atoms with E-state index in [1.807, 2.05) is 24.3 Å². The summed E-state index contributed by atoms with van der Waals surface area (Å²) in [6, 6.07) is 14.8. The molecular formula is C18H16N2O3S2. The summed E-state index contributed by atoms with van der Waals surface area (Å²) >= 11 is 3.13. The number of anilines is 1. The molecule has 1 amide bonds. The Morgan fingerprint density at radius 3 is 2.72 bits per heavy atom. The fraction of sp³-hybridized carbons (Fsp3) is 0.167. The van der Waals surface area contributed by atoms with E-state index < -0.39 is 5.97 Å². The smallest absolute Gasteiger partial charge is 0.339 e. The van der Waals surface area contributed by atoms with E-state index in [1.54, 1.807) is 35.6 Å². The monoisotopic (exact) mass is 372 g/mol. The fourth-order valence-electron chi connectivity index (χ4n) is 2.28. The number of hydrogen-bond donors (Lipinski definition) is 1. The Labute approximate surface area is 153 Å². The normalized spacial score (nSPS) is 10.6. The number of carbonyl (C=O) groups excluding carboxylic acids is 2. The number of methoxy groups -OCH3 is 1. The van der Waals surface area contributed by atoms with Gasteiger partial charge in [-0.05, 0) is 24.3 Å². The number of aromatic nitrogens is 1. The minimum Gasteiger partial charge on any atom is -0.465 e. The highest BCUT2D eigenvalue weighted by atomic mass is 32.2. The average Bonchev–Trinajstić information content (AvgIpc) is 3.04. The number of thiazole rings is 1. The van der Waals surface area contributed by atoms with Crippen LogP contribution in [0.4, 0.5) is 5.69 Å². The van der Waals surface area contributed by atoms with Crippen molar-refractivity contribution < 1.29 is 14.3 Å². The van der Waals surface area contributed by atoms with Gasteiger partial charge in [0.2, 0.25) is 5.91 Å². The zero-order valence-corrected chi connectivity index (χ0v) is 15.2. The van der Waals surface area contributed by atoms with Gasteiger partial charge in [-0.3, -0.25) is 4.79 Å². The molecule has 2 aromatic carbocycles. The van der Waals surface area contributed by atoms with E-state index in [0.717, 1.165) is 15.2 Å². The first-order valence-corrected chi connectivity index (χ1v) is 9.54. The fourth-order valence-corrected chi connectivity index (χ4v) is 4.13. The second kappa shape index (κ2) is 8.13. The summed E-state index contributed by atoms with van der Waals surface area (Å²) in [4.78, 5) is 28.4. The van der Waals surface area contributed by atoms with Crippen molar-refractivity contribution in [1.82, 2.24) is 4.98 Å². The van der Waals surface area contributed by atoms with Gasteiger partial charge in [0.25, 0.3) is 0 Å². The molecule has 25 heavy (non-hydrogen) atoms. The number of rotatable bonds is 6. The molecule has 1 N–H and O–H groups in total.